The molecular weight excluding hydrogens is 823 g/mol. The summed E-state index contributed by atoms with van der Waals surface area (Å²) in [5.74, 6) is -3.64. The van der Waals surface area contributed by atoms with Crippen molar-refractivity contribution in [2.24, 2.45) is 5.92 Å². The van der Waals surface area contributed by atoms with Gasteiger partial charge in [0.1, 0.15) is 18.7 Å². The molecule has 0 bridgehead atoms. The summed E-state index contributed by atoms with van der Waals surface area (Å²) in [6, 6.07) is 24.3. The molecule has 1 amide bonds. The lowest BCUT2D eigenvalue weighted by Crippen LogP contribution is -2.56. The van der Waals surface area contributed by atoms with Gasteiger partial charge in [0.15, 0.2) is 5.11 Å². The molecule has 63 heavy (non-hydrogen) atoms. The van der Waals surface area contributed by atoms with Gasteiger partial charge < -0.3 is 40.1 Å². The number of aliphatic carboxylic acids is 1. The quantitative estimate of drug-likeness (QED) is 0.0651. The standard InChI is InChI=1S/C47H45N7O8S/c1-4-47(35-21-38-41-31(18-30-8-5-6-11-36(30)51-41)23-54(38)43(58)34(35)24-61-45(47)60)62-44(59)40(26(2)3)53-42(57)37(20-33-22-48-25-49-33)52-46(63)50-32-10-7-9-29(19-32)28-15-12-27(13-16-28)14-17-39(55)56/h5-13,15-16,18-19,21-22,25-26,37,40H,4,14,17,20,23-24H2,1-3H3,(H,48,49)(H,53,57)(H,55,56)(H2,50,52,63)/t37-,40-,47-/m0/s1. The van der Waals surface area contributed by atoms with E-state index in [2.05, 4.69) is 25.9 Å². The van der Waals surface area contributed by atoms with Gasteiger partial charge in [-0.15, -0.1) is 0 Å². The SMILES string of the molecule is CC[C@@]1(OC(=O)[C@@H](NC(=O)[C@H](Cc2cnc[nH]2)NC(=S)Nc2cccc(-c3ccc(CCC(=O)O)cc3)c2)C(C)C)C(=O)OCc2c1cc1n(c2=O)Cc2cc3ccccc3nc2-1. The zero-order valence-electron chi connectivity index (χ0n) is 34.8. The number of carboxylic acid groups (broad SMARTS) is 1. The molecule has 8 rings (SSSR count). The van der Waals surface area contributed by atoms with Crippen molar-refractivity contribution in [1.29, 1.82) is 0 Å². The average molecular weight is 868 g/mol. The lowest BCUT2D eigenvalue weighted by Gasteiger charge is -2.37. The van der Waals surface area contributed by atoms with Crippen molar-refractivity contribution >= 4 is 57.7 Å². The molecule has 16 heteroatoms. The van der Waals surface area contributed by atoms with E-state index >= 15 is 0 Å². The minimum atomic E-state index is -1.98. The molecular formula is C47H45N7O8S. The van der Waals surface area contributed by atoms with E-state index in [0.717, 1.165) is 33.2 Å². The first-order chi connectivity index (χ1) is 30.3. The van der Waals surface area contributed by atoms with Crippen molar-refractivity contribution in [3.05, 3.63) is 136 Å². The van der Waals surface area contributed by atoms with Crippen LogP contribution in [0.1, 0.15) is 61.6 Å². The van der Waals surface area contributed by atoms with Gasteiger partial charge in [-0.1, -0.05) is 75.4 Å². The van der Waals surface area contributed by atoms with Gasteiger partial charge in [0, 0.05) is 46.9 Å². The molecule has 0 aliphatic carbocycles. The number of aromatic amines is 1. The van der Waals surface area contributed by atoms with E-state index in [1.165, 1.54) is 6.33 Å². The number of esters is 2. The number of nitrogens with zero attached hydrogens (tertiary/aromatic N) is 3. The number of cyclic esters (lactones) is 1. The van der Waals surface area contributed by atoms with Crippen LogP contribution in [0.5, 0.6) is 0 Å². The van der Waals surface area contributed by atoms with Gasteiger partial charge in [-0.25, -0.2) is 19.6 Å². The van der Waals surface area contributed by atoms with Gasteiger partial charge in [-0.2, -0.15) is 0 Å². The Morgan fingerprint density at radius 2 is 1.79 bits per heavy atom. The number of carbonyl (C=O) groups excluding carboxylic acids is 3. The largest absolute Gasteiger partial charge is 0.481 e. The van der Waals surface area contributed by atoms with Crippen LogP contribution >= 0.6 is 12.2 Å². The Hall–Kier alpha value is -7.20. The van der Waals surface area contributed by atoms with Crippen LogP contribution in [0.4, 0.5) is 5.69 Å². The number of fused-ring (bicyclic) bond motifs is 5. The Bertz CT molecular complexity index is 2820. The molecule has 322 valence electrons. The number of nitrogens with one attached hydrogen (secondary N) is 4. The first kappa shape index (κ1) is 42.5. The summed E-state index contributed by atoms with van der Waals surface area (Å²) in [6.07, 6.45) is 3.61. The minimum absolute atomic E-state index is 0.0481. The van der Waals surface area contributed by atoms with E-state index in [1.54, 1.807) is 37.6 Å². The van der Waals surface area contributed by atoms with Crippen LogP contribution in [0.15, 0.2) is 102 Å². The number of hydrogen-bond acceptors (Lipinski definition) is 10. The second-order valence-corrected chi connectivity index (χ2v) is 16.4. The first-order valence-corrected chi connectivity index (χ1v) is 21.1. The molecule has 3 aromatic heterocycles. The fourth-order valence-corrected chi connectivity index (χ4v) is 8.37. The van der Waals surface area contributed by atoms with Crippen molar-refractivity contribution < 1.29 is 33.8 Å². The minimum Gasteiger partial charge on any atom is -0.481 e. The Balaban J connectivity index is 1.01. The maximum atomic E-state index is 14.4. The van der Waals surface area contributed by atoms with E-state index in [1.807, 2.05) is 78.9 Å². The zero-order valence-corrected chi connectivity index (χ0v) is 35.6. The molecule has 3 atom stereocenters. The van der Waals surface area contributed by atoms with E-state index in [-0.39, 0.29) is 54.2 Å². The molecule has 0 fully saturated rings. The highest BCUT2D eigenvalue weighted by molar-refractivity contribution is 7.80. The van der Waals surface area contributed by atoms with Crippen LogP contribution in [0.3, 0.4) is 0 Å². The van der Waals surface area contributed by atoms with Gasteiger partial charge >= 0.3 is 17.9 Å². The Morgan fingerprint density at radius 1 is 1.00 bits per heavy atom. The molecule has 3 aromatic carbocycles. The molecule has 0 spiro atoms. The molecule has 15 nitrogen and oxygen atoms in total. The average Bonchev–Trinajstić information content (AvgIpc) is 3.92. The summed E-state index contributed by atoms with van der Waals surface area (Å²) in [6.45, 7) is 5.15. The zero-order chi connectivity index (χ0) is 44.4. The number of carbonyl (C=O) groups is 4. The summed E-state index contributed by atoms with van der Waals surface area (Å²) in [7, 11) is 0. The van der Waals surface area contributed by atoms with E-state index in [0.29, 0.717) is 29.2 Å². The van der Waals surface area contributed by atoms with Crippen molar-refractivity contribution in [2.45, 2.75) is 77.3 Å². The fraction of sp³-hybridized carbons (Fsp3) is 0.277. The molecule has 2 aliphatic rings. The molecule has 0 saturated carbocycles. The van der Waals surface area contributed by atoms with Gasteiger partial charge in [-0.05, 0) is 78.0 Å². The maximum Gasteiger partial charge on any atom is 0.355 e. The lowest BCUT2D eigenvalue weighted by molar-refractivity contribution is -0.191. The molecule has 0 saturated heterocycles. The van der Waals surface area contributed by atoms with E-state index < -0.39 is 47.4 Å². The van der Waals surface area contributed by atoms with Crippen LogP contribution in [0.25, 0.3) is 33.4 Å². The van der Waals surface area contributed by atoms with Crippen molar-refractivity contribution in [1.82, 2.24) is 30.2 Å². The Kier molecular flexibility index (Phi) is 11.9. The predicted molar refractivity (Wildman–Crippen MR) is 238 cm³/mol. The highest BCUT2D eigenvalue weighted by Gasteiger charge is 2.51. The first-order valence-electron chi connectivity index (χ1n) is 20.7. The topological polar surface area (TPSA) is 207 Å². The number of imidazole rings is 1. The van der Waals surface area contributed by atoms with Crippen LogP contribution in [0, 0.1) is 5.92 Å². The van der Waals surface area contributed by atoms with E-state index in [9.17, 15) is 24.0 Å². The third kappa shape index (κ3) is 8.66. The van der Waals surface area contributed by atoms with Crippen molar-refractivity contribution in [2.75, 3.05) is 5.32 Å². The van der Waals surface area contributed by atoms with E-state index in [4.69, 9.17) is 31.8 Å². The molecule has 5 N–H and O–H groups in total. The number of para-hydroxylation sites is 1. The summed E-state index contributed by atoms with van der Waals surface area (Å²) < 4.78 is 13.4. The van der Waals surface area contributed by atoms with Crippen LogP contribution in [-0.2, 0) is 60.2 Å². The number of benzene rings is 3. The molecule has 0 radical (unpaired) electrons. The molecule has 5 heterocycles. The highest BCUT2D eigenvalue weighted by atomic mass is 32.1. The Morgan fingerprint density at radius 3 is 2.52 bits per heavy atom. The number of H-pyrrole nitrogens is 1. The number of amides is 1. The van der Waals surface area contributed by atoms with Crippen molar-refractivity contribution in [3.63, 3.8) is 0 Å². The number of ether oxygens (including phenoxy) is 2. The number of aryl methyl sites for hydroxylation is 1. The highest BCUT2D eigenvalue weighted by Crippen LogP contribution is 2.41. The number of hydrogen-bond donors (Lipinski definition) is 5. The number of rotatable bonds is 14. The van der Waals surface area contributed by atoms with Gasteiger partial charge in [0.05, 0.1) is 35.3 Å². The lowest BCUT2D eigenvalue weighted by atomic mass is 9.85. The summed E-state index contributed by atoms with van der Waals surface area (Å²) in [5.41, 5.74) is 4.78. The molecule has 0 unspecified atom stereocenters. The number of carboxylic acids is 1. The van der Waals surface area contributed by atoms with Crippen LogP contribution in [0.2, 0.25) is 0 Å². The third-order valence-electron chi connectivity index (χ3n) is 11.5. The van der Waals surface area contributed by atoms with Gasteiger partial charge in [0.25, 0.3) is 5.56 Å². The predicted octanol–water partition coefficient (Wildman–Crippen LogP) is 5.78. The summed E-state index contributed by atoms with van der Waals surface area (Å²) >= 11 is 5.70. The molecule has 2 aliphatic heterocycles. The third-order valence-corrected chi connectivity index (χ3v) is 11.7. The Labute approximate surface area is 367 Å². The van der Waals surface area contributed by atoms with Crippen LogP contribution < -0.4 is 21.5 Å². The van der Waals surface area contributed by atoms with Gasteiger partial charge in [-0.3, -0.25) is 14.4 Å². The van der Waals surface area contributed by atoms with Crippen LogP contribution in [-0.4, -0.2) is 65.6 Å². The maximum absolute atomic E-state index is 14.4. The fourth-order valence-electron chi connectivity index (χ4n) is 8.11. The van der Waals surface area contributed by atoms with Gasteiger partial charge in [0.2, 0.25) is 11.5 Å². The number of anilines is 1. The second-order valence-electron chi connectivity index (χ2n) is 16.0. The number of thiocarbonyl (C=S) groups is 1. The number of pyridine rings is 2. The molecule has 6 aromatic rings. The summed E-state index contributed by atoms with van der Waals surface area (Å²) in [4.78, 5) is 79.5. The normalized spacial score (nSPS) is 16.0. The number of aromatic nitrogens is 4. The summed E-state index contributed by atoms with van der Waals surface area (Å²) in [5, 5.41) is 19.2. The second kappa shape index (κ2) is 17.6. The van der Waals surface area contributed by atoms with Crippen molar-refractivity contribution in [3.8, 4) is 22.5 Å². The monoisotopic (exact) mass is 867 g/mol. The smallest absolute Gasteiger partial charge is 0.355 e.